The number of hydrogen-bond acceptors (Lipinski definition) is 15. The number of carboxylic acids is 1. The van der Waals surface area contributed by atoms with Gasteiger partial charge in [-0.05, 0) is 12.8 Å². The van der Waals surface area contributed by atoms with Crippen LogP contribution in [0.25, 0.3) is 0 Å². The predicted molar refractivity (Wildman–Crippen MR) is 146 cm³/mol. The van der Waals surface area contributed by atoms with Crippen molar-refractivity contribution in [3.63, 3.8) is 0 Å². The highest BCUT2D eigenvalue weighted by Gasteiger charge is 2.62. The van der Waals surface area contributed by atoms with Gasteiger partial charge in [0.2, 0.25) is 0 Å². The molecule has 0 saturated heterocycles. The molecule has 30 nitrogen and oxygen atoms in total. The van der Waals surface area contributed by atoms with Crippen molar-refractivity contribution in [2.75, 3.05) is 6.54 Å². The van der Waals surface area contributed by atoms with Gasteiger partial charge < -0.3 is 80.6 Å². The monoisotopic (exact) mass is 834 g/mol. The van der Waals surface area contributed by atoms with Crippen molar-refractivity contribution in [2.24, 2.45) is 11.5 Å². The first-order chi connectivity index (χ1) is 21.1. The van der Waals surface area contributed by atoms with Gasteiger partial charge in [0.1, 0.15) is 42.7 Å². The Kier molecular flexibility index (Phi) is 18.0. The molecule has 1 fully saturated rings. The van der Waals surface area contributed by atoms with E-state index in [1.165, 1.54) is 0 Å². The summed E-state index contributed by atoms with van der Waals surface area (Å²) in [4.78, 5) is 120. The number of aliphatic carboxylic acids is 1. The second kappa shape index (κ2) is 18.2. The van der Waals surface area contributed by atoms with E-state index in [1.54, 1.807) is 0 Å². The summed E-state index contributed by atoms with van der Waals surface area (Å²) in [5.74, 6) is -1.11. The zero-order valence-electron chi connectivity index (χ0n) is 23.1. The molecule has 1 rings (SSSR count). The predicted octanol–water partition coefficient (Wildman–Crippen LogP) is -4.47. The Balaban J connectivity index is 0.00000155. The topological polar surface area (TPSA) is 526 Å². The second-order valence-electron chi connectivity index (χ2n) is 8.79. The average molecular weight is 834 g/mol. The van der Waals surface area contributed by atoms with Gasteiger partial charge in [0, 0.05) is 6.54 Å². The normalized spacial score (nSPS) is 25.0. The SMILES string of the molecule is N=C(N)NCCC[C@H](N)C(=O)O.O=P(O)(O)O[C@H]1[C@H](OP(=O)(O)O)[C@@H](OP(=O)(O)O)[C@H](OP(=O)(O)O)[C@@H](OP(=O)(O)O)[C@H]1OP(=O)(O)O. The van der Waals surface area contributed by atoms with Crippen LogP contribution in [0, 0.1) is 5.41 Å². The lowest BCUT2D eigenvalue weighted by molar-refractivity contribution is -0.202. The Bertz CT molecular complexity index is 1150. The third-order valence-corrected chi connectivity index (χ3v) is 7.93. The minimum atomic E-state index is -6.02. The number of hydrogen-bond donors (Lipinski definition) is 17. The van der Waals surface area contributed by atoms with Crippen LogP contribution < -0.4 is 16.8 Å². The second-order valence-corrected chi connectivity index (χ2v) is 15.9. The molecule has 1 atom stereocenters. The average Bonchev–Trinajstić information content (AvgIpc) is 2.79. The first kappa shape index (κ1) is 47.4. The summed E-state index contributed by atoms with van der Waals surface area (Å²) >= 11 is 0. The number of guanidine groups is 1. The Labute approximate surface area is 266 Å². The van der Waals surface area contributed by atoms with Gasteiger partial charge in [0.05, 0.1) is 0 Å². The molecular formula is C12H32N4O26P6. The highest BCUT2D eigenvalue weighted by molar-refractivity contribution is 7.47. The van der Waals surface area contributed by atoms with Crippen LogP contribution in [0.4, 0.5) is 0 Å². The molecule has 0 aromatic heterocycles. The van der Waals surface area contributed by atoms with Crippen molar-refractivity contribution in [3.05, 3.63) is 0 Å². The molecule has 0 aromatic carbocycles. The Morgan fingerprint density at radius 2 is 0.792 bits per heavy atom. The molecule has 1 aliphatic rings. The number of carbonyl (C=O) groups is 1. The number of nitrogens with one attached hydrogen (secondary N) is 2. The molecule has 0 aromatic rings. The van der Waals surface area contributed by atoms with E-state index in [9.17, 15) is 32.2 Å². The number of carboxylic acid groups (broad SMARTS) is 1. The first-order valence-electron chi connectivity index (χ1n) is 11.6. The van der Waals surface area contributed by atoms with E-state index in [2.05, 4.69) is 32.5 Å². The molecule has 286 valence electrons. The van der Waals surface area contributed by atoms with E-state index in [0.29, 0.717) is 19.4 Å². The van der Waals surface area contributed by atoms with Crippen LogP contribution in [0.2, 0.25) is 0 Å². The Morgan fingerprint density at radius 3 is 0.938 bits per heavy atom. The molecule has 0 heterocycles. The van der Waals surface area contributed by atoms with E-state index in [1.807, 2.05) is 0 Å². The van der Waals surface area contributed by atoms with Crippen LogP contribution in [0.5, 0.6) is 0 Å². The smallest absolute Gasteiger partial charge is 0.470 e. The summed E-state index contributed by atoms with van der Waals surface area (Å²) in [5, 5.41) is 17.7. The van der Waals surface area contributed by atoms with E-state index in [-0.39, 0.29) is 5.96 Å². The van der Waals surface area contributed by atoms with Gasteiger partial charge in [0.25, 0.3) is 0 Å². The van der Waals surface area contributed by atoms with Crippen LogP contribution in [0.3, 0.4) is 0 Å². The quantitative estimate of drug-likeness (QED) is 0.0284. The van der Waals surface area contributed by atoms with Crippen molar-refractivity contribution in [1.29, 1.82) is 5.41 Å². The molecule has 0 unspecified atom stereocenters. The molecule has 36 heteroatoms. The fraction of sp³-hybridized carbons (Fsp3) is 0.833. The lowest BCUT2D eigenvalue weighted by atomic mass is 9.85. The maximum atomic E-state index is 11.4. The van der Waals surface area contributed by atoms with Gasteiger partial charge in [-0.3, -0.25) is 37.3 Å². The molecule has 0 bridgehead atoms. The highest BCUT2D eigenvalue weighted by Crippen LogP contribution is 2.57. The summed E-state index contributed by atoms with van der Waals surface area (Å²) in [6.45, 7) is 0.482. The minimum absolute atomic E-state index is 0.112. The van der Waals surface area contributed by atoms with E-state index in [4.69, 9.17) is 80.7 Å². The molecular weight excluding hydrogens is 802 g/mol. The molecule has 1 aliphatic carbocycles. The fourth-order valence-corrected chi connectivity index (χ4v) is 6.80. The summed E-state index contributed by atoms with van der Waals surface area (Å²) in [6.07, 6.45) is -17.9. The van der Waals surface area contributed by atoms with Crippen LogP contribution in [-0.2, 0) is 59.3 Å². The van der Waals surface area contributed by atoms with Crippen LogP contribution in [0.1, 0.15) is 12.8 Å². The lowest BCUT2D eigenvalue weighted by Gasteiger charge is -2.48. The Morgan fingerprint density at radius 1 is 0.583 bits per heavy atom. The van der Waals surface area contributed by atoms with E-state index in [0.717, 1.165) is 0 Å². The van der Waals surface area contributed by atoms with Gasteiger partial charge in [-0.25, -0.2) is 27.4 Å². The van der Waals surface area contributed by atoms with Crippen molar-refractivity contribution in [2.45, 2.75) is 55.5 Å². The molecule has 48 heavy (non-hydrogen) atoms. The van der Waals surface area contributed by atoms with Crippen LogP contribution in [0.15, 0.2) is 0 Å². The third kappa shape index (κ3) is 21.5. The zero-order valence-corrected chi connectivity index (χ0v) is 28.5. The molecule has 19 N–H and O–H groups in total. The van der Waals surface area contributed by atoms with Gasteiger partial charge in [-0.1, -0.05) is 0 Å². The van der Waals surface area contributed by atoms with Gasteiger partial charge in [0.15, 0.2) is 5.96 Å². The fourth-order valence-electron chi connectivity index (χ4n) is 3.46. The Hall–Kier alpha value is -0.640. The summed E-state index contributed by atoms with van der Waals surface area (Å²) in [5.41, 5.74) is 10.2. The number of phosphoric acid groups is 6. The summed E-state index contributed by atoms with van der Waals surface area (Å²) in [7, 11) is -36.1. The molecule has 1 saturated carbocycles. The van der Waals surface area contributed by atoms with Crippen molar-refractivity contribution in [1.82, 2.24) is 5.32 Å². The maximum Gasteiger partial charge on any atom is 0.470 e. The summed E-state index contributed by atoms with van der Waals surface area (Å²) < 4.78 is 93.1. The number of nitrogens with two attached hydrogens (primary N) is 2. The molecule has 0 spiro atoms. The summed E-state index contributed by atoms with van der Waals surface area (Å²) in [6, 6.07) is -0.821. The highest BCUT2D eigenvalue weighted by atomic mass is 31.2. The first-order valence-corrected chi connectivity index (χ1v) is 20.8. The van der Waals surface area contributed by atoms with Crippen molar-refractivity contribution >= 4 is 58.9 Å². The zero-order chi connectivity index (χ0) is 38.3. The van der Waals surface area contributed by atoms with E-state index < -0.39 is 95.6 Å². The van der Waals surface area contributed by atoms with E-state index >= 15 is 0 Å². The molecule has 0 radical (unpaired) electrons. The van der Waals surface area contributed by atoms with Crippen LogP contribution >= 0.6 is 46.9 Å². The minimum Gasteiger partial charge on any atom is -0.480 e. The molecule has 0 aliphatic heterocycles. The van der Waals surface area contributed by atoms with Gasteiger partial charge in [-0.2, -0.15) is 0 Å². The largest absolute Gasteiger partial charge is 0.480 e. The van der Waals surface area contributed by atoms with Crippen LogP contribution in [-0.4, -0.2) is 125 Å². The molecule has 0 amide bonds. The maximum absolute atomic E-state index is 11.4. The van der Waals surface area contributed by atoms with Crippen molar-refractivity contribution < 1.29 is 123 Å². The van der Waals surface area contributed by atoms with Crippen molar-refractivity contribution in [3.8, 4) is 0 Å². The van der Waals surface area contributed by atoms with Gasteiger partial charge in [-0.15, -0.1) is 0 Å². The lowest BCUT2D eigenvalue weighted by Crippen LogP contribution is -2.66. The van der Waals surface area contributed by atoms with Gasteiger partial charge >= 0.3 is 52.9 Å². The standard InChI is InChI=1S/C6H14N4O2.C6H18O24P6/c7-4(5(11)12)2-1-3-10-6(8)9;7-31(8,9)25-1-2(26-32(10,11)12)4(28-34(16,17)18)6(30-36(22,23)24)5(29-35(19,20)21)3(1)27-33(13,14)15/h4H,1-3,7H2,(H,11,12)(H4,8,9,10);1-6H,(H2,7,8,9)(H2,10,11,12)(H2,13,14,15)(H2,16,17,18)(H2,19,20,21)(H2,22,23,24)/t4-;1-,2-,3-,4+,5-,6-/m0./s1. The number of phosphoric ester groups is 6. The third-order valence-electron chi connectivity index (χ3n) is 4.82. The number of rotatable bonds is 17.